The van der Waals surface area contributed by atoms with Gasteiger partial charge in [-0.25, -0.2) is 0 Å². The Morgan fingerprint density at radius 3 is 2.11 bits per heavy atom. The van der Waals surface area contributed by atoms with Gasteiger partial charge in [-0.15, -0.1) is 0 Å². The minimum atomic E-state index is -0.570. The van der Waals surface area contributed by atoms with E-state index in [-0.39, 0.29) is 17.1 Å². The molecule has 0 saturated heterocycles. The van der Waals surface area contributed by atoms with Crippen LogP contribution in [0.4, 0.5) is 0 Å². The number of rotatable bonds is 4. The molecular weight excluding hydrogens is 228 g/mol. The molecule has 100 valence electrons. The molecule has 0 radical (unpaired) electrons. The first-order chi connectivity index (χ1) is 8.20. The van der Waals surface area contributed by atoms with E-state index >= 15 is 0 Å². The number of ether oxygens (including phenoxy) is 1. The third-order valence-electron chi connectivity index (χ3n) is 4.13. The maximum absolute atomic E-state index is 12.2. The van der Waals surface area contributed by atoms with E-state index in [2.05, 4.69) is 20.8 Å². The highest BCUT2D eigenvalue weighted by Crippen LogP contribution is 2.42. The van der Waals surface area contributed by atoms with Crippen LogP contribution in [-0.4, -0.2) is 11.1 Å². The van der Waals surface area contributed by atoms with Crippen LogP contribution in [0, 0.1) is 10.8 Å². The van der Waals surface area contributed by atoms with Gasteiger partial charge in [-0.05, 0) is 49.9 Å². The van der Waals surface area contributed by atoms with Gasteiger partial charge in [-0.2, -0.15) is 0 Å². The summed E-state index contributed by atoms with van der Waals surface area (Å²) in [5.74, 6) is 0.362. The topological polar surface area (TPSA) is 46.5 Å². The van der Waals surface area contributed by atoms with Crippen molar-refractivity contribution in [3.05, 3.63) is 24.3 Å². The Bertz CT molecular complexity index is 416. The van der Waals surface area contributed by atoms with E-state index < -0.39 is 5.41 Å². The predicted octanol–water partition coefficient (Wildman–Crippen LogP) is 3.76. The van der Waals surface area contributed by atoms with Crippen molar-refractivity contribution in [2.75, 3.05) is 0 Å². The normalized spacial score (nSPS) is 12.3. The van der Waals surface area contributed by atoms with E-state index in [9.17, 15) is 9.90 Å². The molecule has 3 heteroatoms. The summed E-state index contributed by atoms with van der Waals surface area (Å²) in [6.07, 6.45) is 0.894. The highest BCUT2D eigenvalue weighted by Gasteiger charge is 2.43. The molecule has 0 atom stereocenters. The first-order valence-electron chi connectivity index (χ1n) is 6.22. The number of phenols is 1. The van der Waals surface area contributed by atoms with Crippen LogP contribution in [0.25, 0.3) is 0 Å². The average molecular weight is 250 g/mol. The van der Waals surface area contributed by atoms with Crippen LogP contribution >= 0.6 is 0 Å². The van der Waals surface area contributed by atoms with Crippen LogP contribution < -0.4 is 4.74 Å². The van der Waals surface area contributed by atoms with Crippen molar-refractivity contribution in [3.8, 4) is 11.5 Å². The molecule has 1 N–H and O–H groups in total. The van der Waals surface area contributed by atoms with Gasteiger partial charge in [0.15, 0.2) is 0 Å². The van der Waals surface area contributed by atoms with Crippen LogP contribution in [-0.2, 0) is 4.79 Å². The SMILES string of the molecule is CCC(C)(C)C(C)(C)C(=O)Oc1ccc(O)cc1. The largest absolute Gasteiger partial charge is 0.508 e. The average Bonchev–Trinajstić information content (AvgIpc) is 2.31. The summed E-state index contributed by atoms with van der Waals surface area (Å²) in [5, 5.41) is 9.18. The summed E-state index contributed by atoms with van der Waals surface area (Å²) in [6.45, 7) is 9.99. The van der Waals surface area contributed by atoms with Crippen molar-refractivity contribution in [3.63, 3.8) is 0 Å². The van der Waals surface area contributed by atoms with Crippen molar-refractivity contribution in [1.29, 1.82) is 0 Å². The highest BCUT2D eigenvalue weighted by atomic mass is 16.5. The monoisotopic (exact) mass is 250 g/mol. The molecule has 0 heterocycles. The number of aromatic hydroxyl groups is 1. The lowest BCUT2D eigenvalue weighted by Gasteiger charge is -2.38. The number of hydrogen-bond acceptors (Lipinski definition) is 3. The van der Waals surface area contributed by atoms with Crippen molar-refractivity contribution >= 4 is 5.97 Å². The number of carbonyl (C=O) groups excluding carboxylic acids is 1. The summed E-state index contributed by atoms with van der Waals surface area (Å²) in [7, 11) is 0. The third kappa shape index (κ3) is 2.84. The minimum absolute atomic E-state index is 0.138. The van der Waals surface area contributed by atoms with E-state index in [1.54, 1.807) is 12.1 Å². The summed E-state index contributed by atoms with van der Waals surface area (Å²) in [4.78, 5) is 12.2. The van der Waals surface area contributed by atoms with Gasteiger partial charge >= 0.3 is 5.97 Å². The van der Waals surface area contributed by atoms with Crippen LogP contribution in [0.1, 0.15) is 41.0 Å². The second-order valence-electron chi connectivity index (χ2n) is 5.75. The molecular formula is C15H22O3. The van der Waals surface area contributed by atoms with Crippen molar-refractivity contribution in [2.24, 2.45) is 10.8 Å². The van der Waals surface area contributed by atoms with Gasteiger partial charge in [0, 0.05) is 0 Å². The minimum Gasteiger partial charge on any atom is -0.508 e. The highest BCUT2D eigenvalue weighted by molar-refractivity contribution is 5.79. The molecule has 0 saturated carbocycles. The first kappa shape index (κ1) is 14.6. The number of esters is 1. The zero-order chi connectivity index (χ0) is 14.0. The second-order valence-corrected chi connectivity index (χ2v) is 5.75. The lowest BCUT2D eigenvalue weighted by molar-refractivity contribution is -0.150. The molecule has 1 aromatic carbocycles. The lowest BCUT2D eigenvalue weighted by atomic mass is 9.66. The number of hydrogen-bond donors (Lipinski definition) is 1. The Morgan fingerprint density at radius 1 is 1.17 bits per heavy atom. The fraction of sp³-hybridized carbons (Fsp3) is 0.533. The smallest absolute Gasteiger partial charge is 0.317 e. The molecule has 0 bridgehead atoms. The van der Waals surface area contributed by atoms with E-state index in [4.69, 9.17) is 4.74 Å². The quantitative estimate of drug-likeness (QED) is 0.653. The molecule has 1 aromatic rings. The third-order valence-corrected chi connectivity index (χ3v) is 4.13. The molecule has 0 aromatic heterocycles. The Hall–Kier alpha value is -1.51. The summed E-state index contributed by atoms with van der Waals surface area (Å²) < 4.78 is 5.37. The zero-order valence-corrected chi connectivity index (χ0v) is 11.8. The molecule has 18 heavy (non-hydrogen) atoms. The van der Waals surface area contributed by atoms with Gasteiger partial charge in [0.25, 0.3) is 0 Å². The molecule has 0 aliphatic rings. The van der Waals surface area contributed by atoms with E-state index in [1.807, 2.05) is 13.8 Å². The maximum Gasteiger partial charge on any atom is 0.317 e. The molecule has 3 nitrogen and oxygen atoms in total. The summed E-state index contributed by atoms with van der Waals surface area (Å²) in [5.41, 5.74) is -0.708. The van der Waals surface area contributed by atoms with Gasteiger partial charge < -0.3 is 9.84 Å². The van der Waals surface area contributed by atoms with Gasteiger partial charge in [0.05, 0.1) is 5.41 Å². The van der Waals surface area contributed by atoms with Crippen LogP contribution in [0.2, 0.25) is 0 Å². The maximum atomic E-state index is 12.2. The molecule has 0 aliphatic heterocycles. The fourth-order valence-corrected chi connectivity index (χ4v) is 1.47. The Balaban J connectivity index is 2.85. The Labute approximate surface area is 109 Å². The van der Waals surface area contributed by atoms with Gasteiger partial charge in [-0.1, -0.05) is 20.8 Å². The van der Waals surface area contributed by atoms with E-state index in [0.29, 0.717) is 5.75 Å². The number of phenolic OH excluding ortho intramolecular Hbond substituents is 1. The van der Waals surface area contributed by atoms with E-state index in [1.165, 1.54) is 12.1 Å². The summed E-state index contributed by atoms with van der Waals surface area (Å²) >= 11 is 0. The van der Waals surface area contributed by atoms with Crippen molar-refractivity contribution in [2.45, 2.75) is 41.0 Å². The molecule has 0 fully saturated rings. The molecule has 0 unspecified atom stereocenters. The fourth-order valence-electron chi connectivity index (χ4n) is 1.47. The standard InChI is InChI=1S/C15H22O3/c1-6-14(2,3)15(4,5)13(17)18-12-9-7-11(16)8-10-12/h7-10,16H,6H2,1-5H3. The number of benzene rings is 1. The van der Waals surface area contributed by atoms with Gasteiger partial charge in [0.1, 0.15) is 11.5 Å². The molecule has 0 aliphatic carbocycles. The van der Waals surface area contributed by atoms with Gasteiger partial charge in [-0.3, -0.25) is 4.79 Å². The first-order valence-corrected chi connectivity index (χ1v) is 6.22. The Morgan fingerprint density at radius 2 is 1.67 bits per heavy atom. The predicted molar refractivity (Wildman–Crippen MR) is 71.6 cm³/mol. The van der Waals surface area contributed by atoms with Crippen molar-refractivity contribution < 1.29 is 14.6 Å². The molecule has 1 rings (SSSR count). The molecule has 0 amide bonds. The zero-order valence-electron chi connectivity index (χ0n) is 11.8. The van der Waals surface area contributed by atoms with Gasteiger partial charge in [0.2, 0.25) is 0 Å². The molecule has 0 spiro atoms. The van der Waals surface area contributed by atoms with Crippen molar-refractivity contribution in [1.82, 2.24) is 0 Å². The lowest BCUT2D eigenvalue weighted by Crippen LogP contribution is -2.41. The van der Waals surface area contributed by atoms with E-state index in [0.717, 1.165) is 6.42 Å². The number of carbonyl (C=O) groups is 1. The van der Waals surface area contributed by atoms with Crippen LogP contribution in [0.3, 0.4) is 0 Å². The Kier molecular flexibility index (Phi) is 4.05. The van der Waals surface area contributed by atoms with Crippen LogP contribution in [0.15, 0.2) is 24.3 Å². The summed E-state index contributed by atoms with van der Waals surface area (Å²) in [6, 6.07) is 6.17. The van der Waals surface area contributed by atoms with Crippen LogP contribution in [0.5, 0.6) is 11.5 Å². The second kappa shape index (κ2) is 5.01.